The summed E-state index contributed by atoms with van der Waals surface area (Å²) in [5.74, 6) is 2.21. The van der Waals surface area contributed by atoms with Gasteiger partial charge in [-0.2, -0.15) is 0 Å². The lowest BCUT2D eigenvalue weighted by Gasteiger charge is -2.24. The van der Waals surface area contributed by atoms with E-state index in [-0.39, 0.29) is 18.6 Å². The highest BCUT2D eigenvalue weighted by Gasteiger charge is 2.33. The molecule has 1 aliphatic carbocycles. The van der Waals surface area contributed by atoms with Gasteiger partial charge in [-0.3, -0.25) is 4.79 Å². The molecule has 1 aliphatic rings. The number of amides is 1. The molecular formula is C22H27NO4. The number of carbonyl (C=O) groups is 1. The van der Waals surface area contributed by atoms with Crippen LogP contribution in [0.1, 0.15) is 30.9 Å². The fourth-order valence-electron chi connectivity index (χ4n) is 3.05. The first kappa shape index (κ1) is 19.1. The van der Waals surface area contributed by atoms with Gasteiger partial charge >= 0.3 is 0 Å². The maximum absolute atomic E-state index is 12.8. The molecule has 3 rings (SSSR count). The summed E-state index contributed by atoms with van der Waals surface area (Å²) in [6.07, 6.45) is 3.05. The Morgan fingerprint density at radius 3 is 2.33 bits per heavy atom. The molecule has 5 heteroatoms. The predicted molar refractivity (Wildman–Crippen MR) is 104 cm³/mol. The first-order valence-corrected chi connectivity index (χ1v) is 9.36. The highest BCUT2D eigenvalue weighted by atomic mass is 16.5. The Morgan fingerprint density at radius 1 is 1.04 bits per heavy atom. The molecule has 0 aromatic heterocycles. The second-order valence-corrected chi connectivity index (χ2v) is 6.72. The van der Waals surface area contributed by atoms with Crippen LogP contribution in [0.5, 0.6) is 17.2 Å². The summed E-state index contributed by atoms with van der Waals surface area (Å²) in [5.41, 5.74) is 2.18. The number of benzene rings is 2. The zero-order chi connectivity index (χ0) is 19.2. The van der Waals surface area contributed by atoms with E-state index in [9.17, 15) is 4.79 Å². The highest BCUT2D eigenvalue weighted by Crippen LogP contribution is 2.32. The van der Waals surface area contributed by atoms with Crippen LogP contribution < -0.4 is 14.2 Å². The van der Waals surface area contributed by atoms with Crippen LogP contribution in [0.15, 0.2) is 42.5 Å². The summed E-state index contributed by atoms with van der Waals surface area (Å²) < 4.78 is 16.5. The van der Waals surface area contributed by atoms with Gasteiger partial charge in [-0.15, -0.1) is 0 Å². The Balaban J connectivity index is 1.67. The van der Waals surface area contributed by atoms with Gasteiger partial charge in [0.05, 0.1) is 14.2 Å². The van der Waals surface area contributed by atoms with Gasteiger partial charge < -0.3 is 19.1 Å². The van der Waals surface area contributed by atoms with Gasteiger partial charge in [0.15, 0.2) is 6.61 Å². The minimum absolute atomic E-state index is 0.0121. The molecule has 2 aromatic rings. The topological polar surface area (TPSA) is 48.0 Å². The molecule has 0 atom stereocenters. The third kappa shape index (κ3) is 4.94. The van der Waals surface area contributed by atoms with Crippen LogP contribution in [0.4, 0.5) is 0 Å². The number of hydrogen-bond donors (Lipinski definition) is 0. The molecule has 144 valence electrons. The molecule has 5 nitrogen and oxygen atoms in total. The summed E-state index contributed by atoms with van der Waals surface area (Å²) in [6.45, 7) is 2.63. The van der Waals surface area contributed by atoms with E-state index in [1.54, 1.807) is 14.2 Å². The van der Waals surface area contributed by atoms with Crippen molar-refractivity contribution in [1.29, 1.82) is 0 Å². The van der Waals surface area contributed by atoms with Gasteiger partial charge in [-0.25, -0.2) is 0 Å². The molecule has 0 unspecified atom stereocenters. The Kier molecular flexibility index (Phi) is 6.22. The normalized spacial score (nSPS) is 13.1. The number of rotatable bonds is 9. The van der Waals surface area contributed by atoms with E-state index < -0.39 is 0 Å². The van der Waals surface area contributed by atoms with E-state index in [1.165, 1.54) is 5.56 Å². The van der Waals surface area contributed by atoms with Crippen LogP contribution in [0, 0.1) is 0 Å². The van der Waals surface area contributed by atoms with E-state index in [0.717, 1.165) is 42.1 Å². The lowest BCUT2D eigenvalue weighted by Crippen LogP contribution is -2.36. The van der Waals surface area contributed by atoms with Gasteiger partial charge in [0, 0.05) is 18.2 Å². The van der Waals surface area contributed by atoms with E-state index in [4.69, 9.17) is 14.2 Å². The zero-order valence-electron chi connectivity index (χ0n) is 16.2. The molecule has 1 fully saturated rings. The van der Waals surface area contributed by atoms with Gasteiger partial charge in [0.1, 0.15) is 17.2 Å². The molecule has 0 spiro atoms. The molecule has 0 saturated heterocycles. The number of aryl methyl sites for hydroxylation is 1. The molecule has 0 radical (unpaired) electrons. The fraction of sp³-hybridized carbons (Fsp3) is 0.409. The summed E-state index contributed by atoms with van der Waals surface area (Å²) in [4.78, 5) is 14.7. The molecular weight excluding hydrogens is 342 g/mol. The lowest BCUT2D eigenvalue weighted by molar-refractivity contribution is -0.134. The van der Waals surface area contributed by atoms with Crippen molar-refractivity contribution in [3.8, 4) is 17.2 Å². The van der Waals surface area contributed by atoms with Crippen molar-refractivity contribution in [3.63, 3.8) is 0 Å². The van der Waals surface area contributed by atoms with Crippen molar-refractivity contribution in [2.75, 3.05) is 20.8 Å². The minimum Gasteiger partial charge on any atom is -0.497 e. The first-order chi connectivity index (χ1) is 13.1. The van der Waals surface area contributed by atoms with Crippen LogP contribution >= 0.6 is 0 Å². The maximum atomic E-state index is 12.8. The zero-order valence-corrected chi connectivity index (χ0v) is 16.2. The molecule has 0 bridgehead atoms. The monoisotopic (exact) mass is 369 g/mol. The van der Waals surface area contributed by atoms with Crippen LogP contribution in [0.25, 0.3) is 0 Å². The number of methoxy groups -OCH3 is 2. The quantitative estimate of drug-likeness (QED) is 0.674. The predicted octanol–water partition coefficient (Wildman–Crippen LogP) is 3.84. The fourth-order valence-corrected chi connectivity index (χ4v) is 3.05. The van der Waals surface area contributed by atoms with E-state index in [1.807, 2.05) is 47.4 Å². The molecule has 0 aliphatic heterocycles. The van der Waals surface area contributed by atoms with Crippen molar-refractivity contribution in [2.24, 2.45) is 0 Å². The van der Waals surface area contributed by atoms with Crippen molar-refractivity contribution in [3.05, 3.63) is 53.6 Å². The van der Waals surface area contributed by atoms with Crippen molar-refractivity contribution < 1.29 is 19.0 Å². The number of ether oxygens (including phenoxy) is 3. The molecule has 1 amide bonds. The van der Waals surface area contributed by atoms with Gasteiger partial charge in [0.2, 0.25) is 0 Å². The summed E-state index contributed by atoms with van der Waals surface area (Å²) in [7, 11) is 3.27. The SMILES string of the molecule is CCc1ccc(OCC(=O)N(Cc2cc(OC)ccc2OC)C2CC2)cc1. The Labute approximate surface area is 160 Å². The van der Waals surface area contributed by atoms with Crippen molar-refractivity contribution in [1.82, 2.24) is 4.90 Å². The van der Waals surface area contributed by atoms with E-state index in [0.29, 0.717) is 6.54 Å². The summed E-state index contributed by atoms with van der Waals surface area (Å²) in [6, 6.07) is 13.8. The molecule has 0 heterocycles. The third-order valence-electron chi connectivity index (χ3n) is 4.83. The second-order valence-electron chi connectivity index (χ2n) is 6.72. The third-order valence-corrected chi connectivity index (χ3v) is 4.83. The van der Waals surface area contributed by atoms with Crippen LogP contribution in [-0.4, -0.2) is 37.7 Å². The van der Waals surface area contributed by atoms with Gasteiger partial charge in [-0.05, 0) is 55.2 Å². The Bertz CT molecular complexity index is 768. The number of carbonyl (C=O) groups excluding carboxylic acids is 1. The first-order valence-electron chi connectivity index (χ1n) is 9.36. The number of nitrogens with zero attached hydrogens (tertiary/aromatic N) is 1. The number of hydrogen-bond acceptors (Lipinski definition) is 4. The molecule has 2 aromatic carbocycles. The van der Waals surface area contributed by atoms with E-state index >= 15 is 0 Å². The summed E-state index contributed by atoms with van der Waals surface area (Å²) >= 11 is 0. The Morgan fingerprint density at radius 2 is 1.74 bits per heavy atom. The van der Waals surface area contributed by atoms with E-state index in [2.05, 4.69) is 6.92 Å². The minimum atomic E-state index is -0.0121. The van der Waals surface area contributed by atoms with Crippen molar-refractivity contribution in [2.45, 2.75) is 38.8 Å². The summed E-state index contributed by atoms with van der Waals surface area (Å²) in [5, 5.41) is 0. The molecule has 27 heavy (non-hydrogen) atoms. The highest BCUT2D eigenvalue weighted by molar-refractivity contribution is 5.78. The largest absolute Gasteiger partial charge is 0.497 e. The average Bonchev–Trinajstić information content (AvgIpc) is 3.55. The smallest absolute Gasteiger partial charge is 0.261 e. The van der Waals surface area contributed by atoms with Gasteiger partial charge in [-0.1, -0.05) is 19.1 Å². The maximum Gasteiger partial charge on any atom is 0.261 e. The Hall–Kier alpha value is -2.69. The van der Waals surface area contributed by atoms with Gasteiger partial charge in [0.25, 0.3) is 5.91 Å². The standard InChI is InChI=1S/C22H27NO4/c1-4-16-5-9-19(10-6-16)27-15-22(24)23(18-7-8-18)14-17-13-20(25-2)11-12-21(17)26-3/h5-6,9-13,18H,4,7-8,14-15H2,1-3H3. The van der Waals surface area contributed by atoms with Crippen LogP contribution in [0.2, 0.25) is 0 Å². The lowest BCUT2D eigenvalue weighted by atomic mass is 10.1. The molecule has 1 saturated carbocycles. The average molecular weight is 369 g/mol. The van der Waals surface area contributed by atoms with Crippen molar-refractivity contribution >= 4 is 5.91 Å². The van der Waals surface area contributed by atoms with Crippen LogP contribution in [0.3, 0.4) is 0 Å². The second kappa shape index (κ2) is 8.80. The van der Waals surface area contributed by atoms with Crippen LogP contribution in [-0.2, 0) is 17.8 Å². The molecule has 0 N–H and O–H groups in total.